The van der Waals surface area contributed by atoms with Crippen molar-refractivity contribution >= 4 is 30.4 Å². The molecule has 0 amide bonds. The van der Waals surface area contributed by atoms with Crippen LogP contribution in [0.25, 0.3) is 5.57 Å². The molecule has 1 N–H and O–H groups in total. The normalized spacial score (nSPS) is 14.6. The van der Waals surface area contributed by atoms with Crippen LogP contribution < -0.4 is 5.32 Å². The fourth-order valence-corrected chi connectivity index (χ4v) is 1.70. The third-order valence-corrected chi connectivity index (χ3v) is 2.43. The minimum absolute atomic E-state index is 0. The Hall–Kier alpha value is -0.570. The van der Waals surface area contributed by atoms with Crippen LogP contribution in [0.3, 0.4) is 0 Å². The van der Waals surface area contributed by atoms with E-state index in [9.17, 15) is 0 Å². The van der Waals surface area contributed by atoms with E-state index in [2.05, 4.69) is 29.4 Å². The predicted molar refractivity (Wildman–Crippen MR) is 68.9 cm³/mol. The maximum absolute atomic E-state index is 4.10. The number of nitrogens with zero attached hydrogens (tertiary/aromatic N) is 1. The first-order valence-electron chi connectivity index (χ1n) is 4.68. The van der Waals surface area contributed by atoms with E-state index < -0.39 is 0 Å². The molecule has 2 rings (SSSR count). The van der Waals surface area contributed by atoms with Gasteiger partial charge in [0.2, 0.25) is 0 Å². The Morgan fingerprint density at radius 2 is 2.13 bits per heavy atom. The van der Waals surface area contributed by atoms with Crippen LogP contribution >= 0.6 is 24.8 Å². The highest BCUT2D eigenvalue weighted by atomic mass is 35.5. The summed E-state index contributed by atoms with van der Waals surface area (Å²) in [5, 5.41) is 3.31. The number of hydrogen-bond donors (Lipinski definition) is 1. The number of halogens is 2. The molecule has 1 aromatic heterocycles. The lowest BCUT2D eigenvalue weighted by Gasteiger charge is -2.15. The molecule has 4 heteroatoms. The molecule has 0 spiro atoms. The van der Waals surface area contributed by atoms with E-state index >= 15 is 0 Å². The van der Waals surface area contributed by atoms with Crippen molar-refractivity contribution in [1.82, 2.24) is 10.3 Å². The molecule has 0 aliphatic carbocycles. The highest BCUT2D eigenvalue weighted by Crippen LogP contribution is 2.21. The summed E-state index contributed by atoms with van der Waals surface area (Å²) < 4.78 is 0. The molecule has 0 bridgehead atoms. The van der Waals surface area contributed by atoms with Crippen molar-refractivity contribution in [2.45, 2.75) is 13.3 Å². The van der Waals surface area contributed by atoms with E-state index in [0.717, 1.165) is 19.5 Å². The van der Waals surface area contributed by atoms with Gasteiger partial charge in [-0.05, 0) is 42.7 Å². The second-order valence-corrected chi connectivity index (χ2v) is 3.37. The fraction of sp³-hybridized carbons (Fsp3) is 0.364. The van der Waals surface area contributed by atoms with Crippen LogP contribution in [0.4, 0.5) is 0 Å². The molecule has 0 unspecified atom stereocenters. The van der Waals surface area contributed by atoms with Crippen molar-refractivity contribution in [2.24, 2.45) is 0 Å². The number of hydrogen-bond acceptors (Lipinski definition) is 2. The smallest absolute Gasteiger partial charge is 0.0303 e. The predicted octanol–water partition coefficient (Wildman–Crippen LogP) is 2.61. The number of rotatable bonds is 1. The van der Waals surface area contributed by atoms with Gasteiger partial charge in [-0.25, -0.2) is 0 Å². The molecule has 1 aliphatic rings. The Kier molecular flexibility index (Phi) is 6.57. The van der Waals surface area contributed by atoms with Gasteiger partial charge < -0.3 is 5.32 Å². The zero-order valence-corrected chi connectivity index (χ0v) is 10.3. The third kappa shape index (κ3) is 3.49. The molecule has 0 radical (unpaired) electrons. The van der Waals surface area contributed by atoms with Gasteiger partial charge in [0, 0.05) is 18.9 Å². The summed E-state index contributed by atoms with van der Waals surface area (Å²) in [5.74, 6) is 0. The van der Waals surface area contributed by atoms with Gasteiger partial charge in [-0.15, -0.1) is 24.8 Å². The summed E-state index contributed by atoms with van der Waals surface area (Å²) in [4.78, 5) is 4.10. The molecule has 1 aromatic rings. The Morgan fingerprint density at radius 3 is 2.73 bits per heavy atom. The van der Waals surface area contributed by atoms with Crippen molar-refractivity contribution < 1.29 is 0 Å². The highest BCUT2D eigenvalue weighted by Gasteiger charge is 2.07. The molecule has 0 fully saturated rings. The monoisotopic (exact) mass is 246 g/mol. The van der Waals surface area contributed by atoms with Crippen molar-refractivity contribution in [3.63, 3.8) is 0 Å². The lowest BCUT2D eigenvalue weighted by atomic mass is 9.98. The van der Waals surface area contributed by atoms with E-state index in [0.29, 0.717) is 0 Å². The lowest BCUT2D eigenvalue weighted by molar-refractivity contribution is 0.738. The largest absolute Gasteiger partial charge is 0.313 e. The zero-order chi connectivity index (χ0) is 9.10. The van der Waals surface area contributed by atoms with E-state index in [1.54, 1.807) is 0 Å². The molecular formula is C11H16Cl2N2. The first kappa shape index (κ1) is 14.4. The van der Waals surface area contributed by atoms with Crippen molar-refractivity contribution in [1.29, 1.82) is 0 Å². The van der Waals surface area contributed by atoms with E-state index in [4.69, 9.17) is 0 Å². The van der Waals surface area contributed by atoms with E-state index in [-0.39, 0.29) is 24.8 Å². The maximum Gasteiger partial charge on any atom is 0.0303 e. The Morgan fingerprint density at radius 1 is 1.33 bits per heavy atom. The summed E-state index contributed by atoms with van der Waals surface area (Å²) in [6.45, 7) is 4.20. The lowest BCUT2D eigenvalue weighted by Crippen LogP contribution is -2.20. The highest BCUT2D eigenvalue weighted by molar-refractivity contribution is 5.85. The van der Waals surface area contributed by atoms with E-state index in [1.807, 2.05) is 12.4 Å². The van der Waals surface area contributed by atoms with Crippen LogP contribution in [-0.2, 0) is 0 Å². The van der Waals surface area contributed by atoms with Crippen LogP contribution in [0.1, 0.15) is 17.5 Å². The summed E-state index contributed by atoms with van der Waals surface area (Å²) in [5.41, 5.74) is 4.09. The molecular weight excluding hydrogens is 231 g/mol. The van der Waals surface area contributed by atoms with Crippen molar-refractivity contribution in [2.75, 3.05) is 13.1 Å². The standard InChI is InChI=1S/C11H14N2.2ClH/c1-9-8-13-7-4-11(9)10-2-5-12-6-3-10;;/h2,4,7-8,12H,3,5-6H2,1H3;2*1H. The van der Waals surface area contributed by atoms with Gasteiger partial charge in [0.25, 0.3) is 0 Å². The molecule has 0 saturated heterocycles. The zero-order valence-electron chi connectivity index (χ0n) is 8.69. The van der Waals surface area contributed by atoms with Crippen LogP contribution in [-0.4, -0.2) is 18.1 Å². The average molecular weight is 247 g/mol. The van der Waals surface area contributed by atoms with Crippen LogP contribution in [0.5, 0.6) is 0 Å². The Labute approximate surface area is 103 Å². The van der Waals surface area contributed by atoms with Gasteiger partial charge in [-0.3, -0.25) is 4.98 Å². The summed E-state index contributed by atoms with van der Waals surface area (Å²) in [7, 11) is 0. The molecule has 1 aliphatic heterocycles. The van der Waals surface area contributed by atoms with Gasteiger partial charge in [-0.2, -0.15) is 0 Å². The van der Waals surface area contributed by atoms with Gasteiger partial charge in [0.15, 0.2) is 0 Å². The van der Waals surface area contributed by atoms with Crippen LogP contribution in [0, 0.1) is 6.92 Å². The second-order valence-electron chi connectivity index (χ2n) is 3.37. The topological polar surface area (TPSA) is 24.9 Å². The first-order chi connectivity index (χ1) is 6.38. The number of pyridine rings is 1. The number of aryl methyl sites for hydroxylation is 1. The van der Waals surface area contributed by atoms with Crippen molar-refractivity contribution in [3.05, 3.63) is 35.7 Å². The van der Waals surface area contributed by atoms with Gasteiger partial charge in [-0.1, -0.05) is 6.08 Å². The molecule has 0 saturated carbocycles. The Balaban J connectivity index is 0.000000980. The van der Waals surface area contributed by atoms with Crippen LogP contribution in [0.2, 0.25) is 0 Å². The first-order valence-corrected chi connectivity index (χ1v) is 4.68. The van der Waals surface area contributed by atoms with Gasteiger partial charge in [0.1, 0.15) is 0 Å². The molecule has 0 aromatic carbocycles. The molecule has 0 atom stereocenters. The van der Waals surface area contributed by atoms with Crippen molar-refractivity contribution in [3.8, 4) is 0 Å². The molecule has 84 valence electrons. The number of aromatic nitrogens is 1. The Bertz CT molecular complexity index is 337. The second kappa shape index (κ2) is 6.83. The molecule has 2 nitrogen and oxygen atoms in total. The van der Waals surface area contributed by atoms with Crippen LogP contribution in [0.15, 0.2) is 24.5 Å². The minimum Gasteiger partial charge on any atom is -0.313 e. The van der Waals surface area contributed by atoms with Gasteiger partial charge in [0.05, 0.1) is 0 Å². The quantitative estimate of drug-likeness (QED) is 0.825. The summed E-state index contributed by atoms with van der Waals surface area (Å²) >= 11 is 0. The minimum atomic E-state index is 0. The summed E-state index contributed by atoms with van der Waals surface area (Å²) in [6.07, 6.45) is 7.19. The maximum atomic E-state index is 4.10. The van der Waals surface area contributed by atoms with Gasteiger partial charge >= 0.3 is 0 Å². The van der Waals surface area contributed by atoms with E-state index in [1.165, 1.54) is 16.7 Å². The average Bonchev–Trinajstić information content (AvgIpc) is 2.20. The summed E-state index contributed by atoms with van der Waals surface area (Å²) in [6, 6.07) is 2.10. The third-order valence-electron chi connectivity index (χ3n) is 2.43. The fourth-order valence-electron chi connectivity index (χ4n) is 1.70. The SMILES string of the molecule is Cc1cnccc1C1=CCNCC1.Cl.Cl. The molecule has 2 heterocycles. The molecule has 15 heavy (non-hydrogen) atoms. The number of nitrogens with one attached hydrogen (secondary N) is 1.